The van der Waals surface area contributed by atoms with E-state index in [9.17, 15) is 9.59 Å². The first-order valence-electron chi connectivity index (χ1n) is 9.47. The third kappa shape index (κ3) is 2.59. The van der Waals surface area contributed by atoms with Crippen molar-refractivity contribution in [2.24, 2.45) is 28.6 Å². The molecule has 3 unspecified atom stereocenters. The van der Waals surface area contributed by atoms with Crippen LogP contribution in [0.15, 0.2) is 0 Å². The van der Waals surface area contributed by atoms with Gasteiger partial charge in [0.05, 0.1) is 0 Å². The third-order valence-corrected chi connectivity index (χ3v) is 7.61. The second-order valence-electron chi connectivity index (χ2n) is 8.68. The van der Waals surface area contributed by atoms with Crippen LogP contribution in [-0.4, -0.2) is 17.9 Å². The molecular formula is C21H30O3. The van der Waals surface area contributed by atoms with Crippen LogP contribution >= 0.6 is 0 Å². The summed E-state index contributed by atoms with van der Waals surface area (Å²) in [6.45, 7) is 5.98. The van der Waals surface area contributed by atoms with Crippen LogP contribution in [0.3, 0.4) is 0 Å². The van der Waals surface area contributed by atoms with Gasteiger partial charge in [-0.2, -0.15) is 0 Å². The maximum atomic E-state index is 12.7. The number of fused-ring (bicyclic) bond motifs is 3. The molecule has 0 spiro atoms. The van der Waals surface area contributed by atoms with E-state index in [2.05, 4.69) is 19.8 Å². The van der Waals surface area contributed by atoms with Gasteiger partial charge < -0.3 is 4.74 Å². The smallest absolute Gasteiger partial charge is 0.302 e. The van der Waals surface area contributed by atoms with Crippen molar-refractivity contribution in [1.82, 2.24) is 0 Å². The maximum Gasteiger partial charge on any atom is 0.302 e. The molecule has 3 rings (SSSR count). The monoisotopic (exact) mass is 330 g/mol. The van der Waals surface area contributed by atoms with Crippen LogP contribution in [-0.2, 0) is 14.3 Å². The second-order valence-corrected chi connectivity index (χ2v) is 8.68. The SMILES string of the molecule is C#CCC[C@@]1(C)C(=O)CCC2C1CC[C@@]1(C)C2CC[C@@H]1OC(C)=O. The summed E-state index contributed by atoms with van der Waals surface area (Å²) in [6, 6.07) is 0. The van der Waals surface area contributed by atoms with Gasteiger partial charge in [0.15, 0.2) is 0 Å². The number of ether oxygens (including phenoxy) is 1. The fourth-order valence-corrected chi connectivity index (χ4v) is 6.27. The van der Waals surface area contributed by atoms with Crippen molar-refractivity contribution in [2.45, 2.75) is 78.2 Å². The second kappa shape index (κ2) is 6.21. The predicted octanol–water partition coefficient (Wildman–Crippen LogP) is 4.14. The van der Waals surface area contributed by atoms with Crippen molar-refractivity contribution >= 4 is 11.8 Å². The highest BCUT2D eigenvalue weighted by atomic mass is 16.5. The summed E-state index contributed by atoms with van der Waals surface area (Å²) in [5, 5.41) is 0. The lowest BCUT2D eigenvalue weighted by Gasteiger charge is -2.55. The van der Waals surface area contributed by atoms with Crippen LogP contribution in [0.1, 0.15) is 72.1 Å². The van der Waals surface area contributed by atoms with E-state index in [1.165, 1.54) is 6.92 Å². The van der Waals surface area contributed by atoms with Crippen LogP contribution in [0.25, 0.3) is 0 Å². The third-order valence-electron chi connectivity index (χ3n) is 7.61. The largest absolute Gasteiger partial charge is 0.462 e. The number of terminal acetylenes is 1. The van der Waals surface area contributed by atoms with Crippen molar-refractivity contribution < 1.29 is 14.3 Å². The first kappa shape index (κ1) is 17.5. The maximum absolute atomic E-state index is 12.7. The van der Waals surface area contributed by atoms with Crippen molar-refractivity contribution in [3.05, 3.63) is 0 Å². The lowest BCUT2D eigenvalue weighted by molar-refractivity contribution is -0.160. The topological polar surface area (TPSA) is 43.4 Å². The zero-order valence-electron chi connectivity index (χ0n) is 15.3. The zero-order chi connectivity index (χ0) is 17.5. The van der Waals surface area contributed by atoms with Crippen LogP contribution in [0, 0.1) is 40.9 Å². The van der Waals surface area contributed by atoms with Crippen LogP contribution < -0.4 is 0 Å². The molecule has 0 aromatic rings. The van der Waals surface area contributed by atoms with Crippen molar-refractivity contribution in [3.8, 4) is 12.3 Å². The highest BCUT2D eigenvalue weighted by molar-refractivity contribution is 5.85. The Labute approximate surface area is 145 Å². The number of hydrogen-bond acceptors (Lipinski definition) is 3. The molecule has 3 nitrogen and oxygen atoms in total. The fourth-order valence-electron chi connectivity index (χ4n) is 6.27. The molecule has 0 aromatic heterocycles. The molecule has 3 saturated carbocycles. The quantitative estimate of drug-likeness (QED) is 0.577. The summed E-state index contributed by atoms with van der Waals surface area (Å²) in [5.41, 5.74) is -0.170. The lowest BCUT2D eigenvalue weighted by atomic mass is 9.49. The number of carbonyl (C=O) groups is 2. The predicted molar refractivity (Wildman–Crippen MR) is 93.0 cm³/mol. The number of hydrogen-bond donors (Lipinski definition) is 0. The molecule has 0 saturated heterocycles. The molecule has 0 N–H and O–H groups in total. The van der Waals surface area contributed by atoms with E-state index in [1.54, 1.807) is 0 Å². The summed E-state index contributed by atoms with van der Waals surface area (Å²) in [7, 11) is 0. The Bertz CT molecular complexity index is 574. The molecule has 24 heavy (non-hydrogen) atoms. The molecule has 3 aliphatic carbocycles. The lowest BCUT2D eigenvalue weighted by Crippen LogP contribution is -2.53. The highest BCUT2D eigenvalue weighted by Gasteiger charge is 2.60. The van der Waals surface area contributed by atoms with Gasteiger partial charge in [-0.05, 0) is 56.3 Å². The van der Waals surface area contributed by atoms with Gasteiger partial charge >= 0.3 is 5.97 Å². The Kier molecular flexibility index (Phi) is 4.53. The van der Waals surface area contributed by atoms with E-state index in [-0.39, 0.29) is 22.9 Å². The van der Waals surface area contributed by atoms with E-state index < -0.39 is 0 Å². The molecule has 3 aliphatic rings. The first-order valence-corrected chi connectivity index (χ1v) is 9.47. The summed E-state index contributed by atoms with van der Waals surface area (Å²) in [6.07, 6.45) is 12.9. The van der Waals surface area contributed by atoms with Gasteiger partial charge in [0, 0.05) is 30.6 Å². The summed E-state index contributed by atoms with van der Waals surface area (Å²) < 4.78 is 5.67. The first-order chi connectivity index (χ1) is 11.3. The van der Waals surface area contributed by atoms with Gasteiger partial charge in [-0.25, -0.2) is 0 Å². The zero-order valence-corrected chi connectivity index (χ0v) is 15.3. The van der Waals surface area contributed by atoms with Gasteiger partial charge in [0.2, 0.25) is 0 Å². The normalized spacial score (nSPS) is 44.3. The minimum Gasteiger partial charge on any atom is -0.462 e. The van der Waals surface area contributed by atoms with Crippen molar-refractivity contribution in [2.75, 3.05) is 0 Å². The van der Waals surface area contributed by atoms with Gasteiger partial charge in [0.1, 0.15) is 11.9 Å². The molecule has 0 amide bonds. The number of ketones is 1. The summed E-state index contributed by atoms with van der Waals surface area (Å²) in [5.74, 6) is 4.57. The Morgan fingerprint density at radius 3 is 2.67 bits per heavy atom. The Morgan fingerprint density at radius 2 is 2.00 bits per heavy atom. The molecular weight excluding hydrogens is 300 g/mol. The molecule has 0 bridgehead atoms. The Balaban J connectivity index is 1.85. The molecule has 0 aliphatic heterocycles. The van der Waals surface area contributed by atoms with Crippen molar-refractivity contribution in [1.29, 1.82) is 0 Å². The number of esters is 1. The molecule has 0 radical (unpaired) electrons. The molecule has 132 valence electrons. The van der Waals surface area contributed by atoms with Crippen LogP contribution in [0.5, 0.6) is 0 Å². The number of carbonyl (C=O) groups excluding carboxylic acids is 2. The molecule has 3 fully saturated rings. The highest BCUT2D eigenvalue weighted by Crippen LogP contribution is 2.63. The van der Waals surface area contributed by atoms with Gasteiger partial charge in [-0.3, -0.25) is 9.59 Å². The van der Waals surface area contributed by atoms with Crippen LogP contribution in [0.2, 0.25) is 0 Å². The van der Waals surface area contributed by atoms with Crippen LogP contribution in [0.4, 0.5) is 0 Å². The van der Waals surface area contributed by atoms with E-state index in [1.807, 2.05) is 0 Å². The molecule has 3 heteroatoms. The summed E-state index contributed by atoms with van der Waals surface area (Å²) >= 11 is 0. The molecule has 6 atom stereocenters. The molecule has 0 aromatic carbocycles. The van der Waals surface area contributed by atoms with Gasteiger partial charge in [-0.15, -0.1) is 12.3 Å². The van der Waals surface area contributed by atoms with Gasteiger partial charge in [-0.1, -0.05) is 13.8 Å². The Morgan fingerprint density at radius 1 is 1.25 bits per heavy atom. The van der Waals surface area contributed by atoms with E-state index in [0.717, 1.165) is 38.5 Å². The average Bonchev–Trinajstić information content (AvgIpc) is 2.85. The standard InChI is InChI=1S/C21H30O3/c1-5-6-12-20(3)17-11-13-21(4)16(15(17)7-9-18(20)23)8-10-19(21)24-14(2)22/h1,15-17,19H,6-13H2,2-4H3/t15?,16?,17?,19-,20+,21-/m0/s1. The van der Waals surface area contributed by atoms with Gasteiger partial charge in [0.25, 0.3) is 0 Å². The van der Waals surface area contributed by atoms with E-state index in [4.69, 9.17) is 11.2 Å². The minimum atomic E-state index is -0.254. The average molecular weight is 330 g/mol. The number of Topliss-reactive ketones (excluding diaryl/α,β-unsaturated/α-hetero) is 1. The summed E-state index contributed by atoms with van der Waals surface area (Å²) in [4.78, 5) is 24.2. The van der Waals surface area contributed by atoms with Crippen molar-refractivity contribution in [3.63, 3.8) is 0 Å². The minimum absolute atomic E-state index is 0.0514. The fraction of sp³-hybridized carbons (Fsp3) is 0.810. The molecule has 0 heterocycles. The van der Waals surface area contributed by atoms with E-state index in [0.29, 0.717) is 36.4 Å². The van der Waals surface area contributed by atoms with E-state index >= 15 is 0 Å². The number of rotatable bonds is 3. The Hall–Kier alpha value is -1.30.